The summed E-state index contributed by atoms with van der Waals surface area (Å²) in [6.45, 7) is 3.96. The number of halogens is 3. The van der Waals surface area contributed by atoms with Crippen molar-refractivity contribution in [1.82, 2.24) is 20.0 Å². The molecule has 1 fully saturated rings. The number of hydrogen-bond acceptors (Lipinski definition) is 3. The van der Waals surface area contributed by atoms with Gasteiger partial charge >= 0.3 is 0 Å². The molecule has 2 heterocycles. The maximum atomic E-state index is 13.8. The lowest BCUT2D eigenvalue weighted by molar-refractivity contribution is 0.175. The van der Waals surface area contributed by atoms with E-state index < -0.39 is 11.6 Å². The van der Waals surface area contributed by atoms with Crippen molar-refractivity contribution in [2.75, 3.05) is 26.7 Å². The number of benzene rings is 1. The highest BCUT2D eigenvalue weighted by atomic mass is 35.5. The molecule has 0 saturated carbocycles. The van der Waals surface area contributed by atoms with Crippen molar-refractivity contribution < 1.29 is 8.78 Å². The summed E-state index contributed by atoms with van der Waals surface area (Å²) in [6.07, 6.45) is 4.10. The van der Waals surface area contributed by atoms with Crippen LogP contribution < -0.4 is 5.32 Å². The molecule has 1 aliphatic heterocycles. The lowest BCUT2D eigenvalue weighted by Gasteiger charge is -2.31. The summed E-state index contributed by atoms with van der Waals surface area (Å²) < 4.78 is 28.3. The minimum absolute atomic E-state index is 0. The third-order valence-electron chi connectivity index (χ3n) is 4.39. The fraction of sp³-hybridized carbons (Fsp3) is 0.471. The van der Waals surface area contributed by atoms with Gasteiger partial charge in [0.25, 0.3) is 0 Å². The molecule has 3 rings (SSSR count). The van der Waals surface area contributed by atoms with Crippen LogP contribution in [0.15, 0.2) is 30.5 Å². The summed E-state index contributed by atoms with van der Waals surface area (Å²) in [5.41, 5.74) is 1.17. The third-order valence-corrected chi connectivity index (χ3v) is 4.39. The monoisotopic (exact) mass is 356 g/mol. The second kappa shape index (κ2) is 8.55. The van der Waals surface area contributed by atoms with Crippen molar-refractivity contribution >= 4 is 12.4 Å². The van der Waals surface area contributed by atoms with Crippen LogP contribution in [0.5, 0.6) is 0 Å². The molecular weight excluding hydrogens is 334 g/mol. The molecule has 1 aliphatic rings. The van der Waals surface area contributed by atoms with Crippen LogP contribution in [-0.2, 0) is 6.54 Å². The maximum absolute atomic E-state index is 13.8. The third kappa shape index (κ3) is 4.53. The Labute approximate surface area is 147 Å². The van der Waals surface area contributed by atoms with E-state index >= 15 is 0 Å². The van der Waals surface area contributed by atoms with E-state index in [2.05, 4.69) is 15.3 Å². The summed E-state index contributed by atoms with van der Waals surface area (Å²) in [5, 5.41) is 7.66. The molecule has 7 heteroatoms. The van der Waals surface area contributed by atoms with Gasteiger partial charge in [-0.2, -0.15) is 5.10 Å². The molecule has 1 aromatic carbocycles. The molecule has 0 aliphatic carbocycles. The first-order valence-corrected chi connectivity index (χ1v) is 8.02. The van der Waals surface area contributed by atoms with Crippen LogP contribution in [0, 0.1) is 17.6 Å². The Morgan fingerprint density at radius 2 is 1.96 bits per heavy atom. The minimum atomic E-state index is -0.604. The van der Waals surface area contributed by atoms with E-state index in [4.69, 9.17) is 0 Å². The first-order chi connectivity index (χ1) is 11.2. The van der Waals surface area contributed by atoms with Crippen LogP contribution in [0.25, 0.3) is 5.69 Å². The molecule has 2 aromatic rings. The van der Waals surface area contributed by atoms with Crippen LogP contribution in [-0.4, -0.2) is 41.4 Å². The van der Waals surface area contributed by atoms with Gasteiger partial charge in [-0.15, -0.1) is 12.4 Å². The van der Waals surface area contributed by atoms with Crippen LogP contribution in [0.1, 0.15) is 18.5 Å². The average Bonchev–Trinajstić information content (AvgIpc) is 2.98. The van der Waals surface area contributed by atoms with Gasteiger partial charge in [0.1, 0.15) is 11.5 Å². The summed E-state index contributed by atoms with van der Waals surface area (Å²) in [5.74, 6) is -0.433. The molecule has 0 spiro atoms. The molecule has 1 N–H and O–H groups in total. The van der Waals surface area contributed by atoms with Crippen LogP contribution in [0.2, 0.25) is 0 Å². The Morgan fingerprint density at radius 3 is 2.62 bits per heavy atom. The second-order valence-corrected chi connectivity index (χ2v) is 6.12. The van der Waals surface area contributed by atoms with Crippen molar-refractivity contribution in [2.45, 2.75) is 19.4 Å². The molecule has 24 heavy (non-hydrogen) atoms. The summed E-state index contributed by atoms with van der Waals surface area (Å²) in [4.78, 5) is 2.37. The summed E-state index contributed by atoms with van der Waals surface area (Å²) in [7, 11) is 1.99. The first kappa shape index (κ1) is 18.8. The van der Waals surface area contributed by atoms with Crippen molar-refractivity contribution in [3.05, 3.63) is 47.8 Å². The number of hydrogen-bond donors (Lipinski definition) is 1. The SMILES string of the molecule is CNCC1CCN(Cc2ccn(-c3ccc(F)cc3F)n2)CC1.Cl. The quantitative estimate of drug-likeness (QED) is 0.894. The molecule has 0 unspecified atom stereocenters. The predicted octanol–water partition coefficient (Wildman–Crippen LogP) is 3.00. The van der Waals surface area contributed by atoms with Crippen molar-refractivity contribution in [3.8, 4) is 5.69 Å². The maximum Gasteiger partial charge on any atom is 0.151 e. The Morgan fingerprint density at radius 1 is 1.21 bits per heavy atom. The van der Waals surface area contributed by atoms with E-state index in [1.807, 2.05) is 13.1 Å². The van der Waals surface area contributed by atoms with E-state index in [1.165, 1.54) is 29.7 Å². The standard InChI is InChI=1S/C17H22F2N4.ClH/c1-20-11-13-4-7-22(8-5-13)12-15-6-9-23(21-15)17-3-2-14(18)10-16(17)19;/h2-3,6,9-10,13,20H,4-5,7-8,11-12H2,1H3;1H. The highest BCUT2D eigenvalue weighted by Gasteiger charge is 2.19. The Bertz CT molecular complexity index is 654. The first-order valence-electron chi connectivity index (χ1n) is 8.02. The van der Waals surface area contributed by atoms with E-state index in [-0.39, 0.29) is 18.1 Å². The summed E-state index contributed by atoms with van der Waals surface area (Å²) >= 11 is 0. The van der Waals surface area contributed by atoms with Gasteiger partial charge in [0.15, 0.2) is 5.82 Å². The van der Waals surface area contributed by atoms with Crippen molar-refractivity contribution in [1.29, 1.82) is 0 Å². The number of nitrogens with one attached hydrogen (secondary N) is 1. The molecule has 1 aromatic heterocycles. The second-order valence-electron chi connectivity index (χ2n) is 6.12. The lowest BCUT2D eigenvalue weighted by Crippen LogP contribution is -2.36. The van der Waals surface area contributed by atoms with E-state index in [0.717, 1.165) is 43.9 Å². The van der Waals surface area contributed by atoms with Gasteiger partial charge in [0.2, 0.25) is 0 Å². The number of piperidine rings is 1. The zero-order valence-electron chi connectivity index (χ0n) is 13.7. The Balaban J connectivity index is 0.00000208. The minimum Gasteiger partial charge on any atom is -0.319 e. The molecule has 0 atom stereocenters. The summed E-state index contributed by atoms with van der Waals surface area (Å²) in [6, 6.07) is 5.42. The molecule has 1 saturated heterocycles. The van der Waals surface area contributed by atoms with Gasteiger partial charge in [0.05, 0.1) is 5.69 Å². The Kier molecular flexibility index (Phi) is 6.71. The number of likely N-dealkylation sites (tertiary alicyclic amines) is 1. The van der Waals surface area contributed by atoms with Crippen molar-refractivity contribution in [3.63, 3.8) is 0 Å². The van der Waals surface area contributed by atoms with Gasteiger partial charge in [-0.3, -0.25) is 4.90 Å². The van der Waals surface area contributed by atoms with Crippen LogP contribution in [0.4, 0.5) is 8.78 Å². The van der Waals surface area contributed by atoms with Gasteiger partial charge < -0.3 is 5.32 Å². The van der Waals surface area contributed by atoms with Crippen LogP contribution in [0.3, 0.4) is 0 Å². The van der Waals surface area contributed by atoms with Gasteiger partial charge in [0, 0.05) is 18.8 Å². The topological polar surface area (TPSA) is 33.1 Å². The highest BCUT2D eigenvalue weighted by Crippen LogP contribution is 2.19. The molecular formula is C17H23ClF2N4. The van der Waals surface area contributed by atoms with Gasteiger partial charge in [-0.05, 0) is 63.6 Å². The zero-order valence-corrected chi connectivity index (χ0v) is 14.5. The van der Waals surface area contributed by atoms with Crippen LogP contribution >= 0.6 is 12.4 Å². The molecule has 4 nitrogen and oxygen atoms in total. The molecule has 0 radical (unpaired) electrons. The smallest absolute Gasteiger partial charge is 0.151 e. The average molecular weight is 357 g/mol. The fourth-order valence-corrected chi connectivity index (χ4v) is 3.11. The highest BCUT2D eigenvalue weighted by molar-refractivity contribution is 5.85. The predicted molar refractivity (Wildman–Crippen MR) is 92.7 cm³/mol. The Hall–Kier alpha value is -1.50. The number of nitrogens with zero attached hydrogens (tertiary/aromatic N) is 3. The molecule has 0 bridgehead atoms. The lowest BCUT2D eigenvalue weighted by atomic mass is 9.97. The van der Waals surface area contributed by atoms with Crippen molar-refractivity contribution in [2.24, 2.45) is 5.92 Å². The van der Waals surface area contributed by atoms with E-state index in [1.54, 1.807) is 6.20 Å². The van der Waals surface area contributed by atoms with E-state index in [0.29, 0.717) is 0 Å². The zero-order chi connectivity index (χ0) is 16.2. The largest absolute Gasteiger partial charge is 0.319 e. The van der Waals surface area contributed by atoms with Gasteiger partial charge in [-0.1, -0.05) is 0 Å². The fourth-order valence-electron chi connectivity index (χ4n) is 3.11. The number of aromatic nitrogens is 2. The molecule has 132 valence electrons. The molecule has 0 amide bonds. The van der Waals surface area contributed by atoms with Gasteiger partial charge in [-0.25, -0.2) is 13.5 Å². The number of rotatable bonds is 5. The normalized spacial score (nSPS) is 16.1. The van der Waals surface area contributed by atoms with E-state index in [9.17, 15) is 8.78 Å².